The monoisotopic (exact) mass is 333 g/mol. The van der Waals surface area contributed by atoms with Crippen LogP contribution < -0.4 is 16.4 Å². The molecule has 0 unspecified atom stereocenters. The normalized spacial score (nSPS) is 26.1. The maximum absolute atomic E-state index is 11.7. The topological polar surface area (TPSA) is 113 Å². The number of hydrogen-bond donors (Lipinski definition) is 4. The highest BCUT2D eigenvalue weighted by atomic mass is 16.3. The predicted molar refractivity (Wildman–Crippen MR) is 92.9 cm³/mol. The minimum Gasteiger partial charge on any atom is -0.393 e. The molecule has 0 radical (unpaired) electrons. The maximum Gasteiger partial charge on any atom is 0.254 e. The third kappa shape index (κ3) is 3.95. The molecule has 24 heavy (non-hydrogen) atoms. The standard InChI is InChI=1S/C17H27N5O2/c1-17(8-2-3-9-17)22-15-13(14(18)24)10-19-16(21-15)20-11-4-6-12(23)7-5-11/h10-12,23H,2-9H2,1H3,(H2,18,24)(H2,19,20,21,22). The molecular formula is C17H27N5O2. The molecule has 0 spiro atoms. The minimum atomic E-state index is -0.522. The van der Waals surface area contributed by atoms with Gasteiger partial charge in [-0.1, -0.05) is 12.8 Å². The van der Waals surface area contributed by atoms with Crippen LogP contribution in [0.15, 0.2) is 6.20 Å². The molecule has 2 aliphatic carbocycles. The van der Waals surface area contributed by atoms with Crippen LogP contribution in [0.3, 0.4) is 0 Å². The molecule has 0 saturated heterocycles. The van der Waals surface area contributed by atoms with Crippen molar-refractivity contribution in [2.45, 2.75) is 76.0 Å². The molecule has 1 aromatic heterocycles. The summed E-state index contributed by atoms with van der Waals surface area (Å²) in [6.07, 6.45) is 9.13. The van der Waals surface area contributed by atoms with Gasteiger partial charge in [0.15, 0.2) is 0 Å². The second-order valence-corrected chi connectivity index (χ2v) is 7.36. The van der Waals surface area contributed by atoms with Crippen LogP contribution in [0.2, 0.25) is 0 Å². The Morgan fingerprint density at radius 1 is 1.29 bits per heavy atom. The highest BCUT2D eigenvalue weighted by molar-refractivity contribution is 5.97. The number of primary amides is 1. The number of nitrogens with two attached hydrogens (primary N) is 1. The average molecular weight is 333 g/mol. The molecule has 132 valence electrons. The van der Waals surface area contributed by atoms with Gasteiger partial charge in [-0.3, -0.25) is 4.79 Å². The molecule has 3 rings (SSSR count). The second kappa shape index (κ2) is 6.93. The van der Waals surface area contributed by atoms with Crippen molar-refractivity contribution in [1.82, 2.24) is 9.97 Å². The summed E-state index contributed by atoms with van der Waals surface area (Å²) >= 11 is 0. The van der Waals surface area contributed by atoms with E-state index in [0.717, 1.165) is 38.5 Å². The first kappa shape index (κ1) is 17.0. The molecule has 1 heterocycles. The van der Waals surface area contributed by atoms with Crippen LogP contribution in [-0.4, -0.2) is 38.7 Å². The van der Waals surface area contributed by atoms with Crippen molar-refractivity contribution in [1.29, 1.82) is 0 Å². The predicted octanol–water partition coefficient (Wildman–Crippen LogP) is 2.04. The van der Waals surface area contributed by atoms with Gasteiger partial charge in [0.05, 0.1) is 11.7 Å². The molecule has 0 aromatic carbocycles. The van der Waals surface area contributed by atoms with Crippen LogP contribution in [0.1, 0.15) is 68.6 Å². The van der Waals surface area contributed by atoms with Gasteiger partial charge in [0.25, 0.3) is 5.91 Å². The number of hydrogen-bond acceptors (Lipinski definition) is 6. The summed E-state index contributed by atoms with van der Waals surface area (Å²) < 4.78 is 0. The molecule has 2 fully saturated rings. The van der Waals surface area contributed by atoms with Crippen molar-refractivity contribution in [2.75, 3.05) is 10.6 Å². The Labute approximate surface area is 142 Å². The zero-order valence-electron chi connectivity index (χ0n) is 14.2. The van der Waals surface area contributed by atoms with Gasteiger partial charge >= 0.3 is 0 Å². The van der Waals surface area contributed by atoms with E-state index in [0.29, 0.717) is 17.3 Å². The fourth-order valence-corrected chi connectivity index (χ4v) is 3.70. The van der Waals surface area contributed by atoms with Gasteiger partial charge < -0.3 is 21.5 Å². The molecule has 1 amide bonds. The Bertz CT molecular complexity index is 593. The van der Waals surface area contributed by atoms with E-state index in [1.165, 1.54) is 19.0 Å². The van der Waals surface area contributed by atoms with Gasteiger partial charge in [-0.25, -0.2) is 4.98 Å². The number of nitrogens with zero attached hydrogens (tertiary/aromatic N) is 2. The van der Waals surface area contributed by atoms with Crippen molar-refractivity contribution in [3.63, 3.8) is 0 Å². The molecule has 0 atom stereocenters. The summed E-state index contributed by atoms with van der Waals surface area (Å²) in [5.41, 5.74) is 5.75. The number of carbonyl (C=O) groups is 1. The number of anilines is 2. The van der Waals surface area contributed by atoms with E-state index in [1.807, 2.05) is 0 Å². The number of amides is 1. The van der Waals surface area contributed by atoms with E-state index in [9.17, 15) is 9.90 Å². The van der Waals surface area contributed by atoms with E-state index in [-0.39, 0.29) is 17.7 Å². The Morgan fingerprint density at radius 2 is 1.96 bits per heavy atom. The fraction of sp³-hybridized carbons (Fsp3) is 0.706. The quantitative estimate of drug-likeness (QED) is 0.656. The van der Waals surface area contributed by atoms with Gasteiger partial charge in [0.2, 0.25) is 5.95 Å². The lowest BCUT2D eigenvalue weighted by atomic mass is 9.93. The lowest BCUT2D eigenvalue weighted by Gasteiger charge is -2.28. The SMILES string of the molecule is CC1(Nc2nc(NC3CCC(O)CC3)ncc2C(N)=O)CCCC1. The van der Waals surface area contributed by atoms with E-state index in [1.54, 1.807) is 0 Å². The third-order valence-electron chi connectivity index (χ3n) is 5.21. The molecule has 1 aromatic rings. The molecule has 7 heteroatoms. The first-order valence-electron chi connectivity index (χ1n) is 8.85. The Morgan fingerprint density at radius 3 is 2.58 bits per heavy atom. The Balaban J connectivity index is 1.76. The summed E-state index contributed by atoms with van der Waals surface area (Å²) in [5.74, 6) is 0.497. The van der Waals surface area contributed by atoms with Crippen LogP contribution in [0.5, 0.6) is 0 Å². The Hall–Kier alpha value is -1.89. The van der Waals surface area contributed by atoms with Crippen molar-refractivity contribution in [3.05, 3.63) is 11.8 Å². The molecule has 2 aliphatic rings. The van der Waals surface area contributed by atoms with Crippen molar-refractivity contribution < 1.29 is 9.90 Å². The van der Waals surface area contributed by atoms with Gasteiger partial charge in [0, 0.05) is 17.8 Å². The smallest absolute Gasteiger partial charge is 0.254 e. The molecule has 0 aliphatic heterocycles. The maximum atomic E-state index is 11.7. The summed E-state index contributed by atoms with van der Waals surface area (Å²) in [6, 6.07) is 0.253. The lowest BCUT2D eigenvalue weighted by molar-refractivity contribution is 0.1000. The molecule has 0 bridgehead atoms. The zero-order chi connectivity index (χ0) is 17.2. The van der Waals surface area contributed by atoms with Crippen LogP contribution in [0.4, 0.5) is 11.8 Å². The first-order chi connectivity index (χ1) is 11.5. The van der Waals surface area contributed by atoms with Crippen molar-refractivity contribution in [2.24, 2.45) is 5.73 Å². The van der Waals surface area contributed by atoms with Crippen molar-refractivity contribution in [3.8, 4) is 0 Å². The van der Waals surface area contributed by atoms with E-state index in [4.69, 9.17) is 5.73 Å². The molecule has 2 saturated carbocycles. The number of nitrogens with one attached hydrogen (secondary N) is 2. The number of rotatable bonds is 5. The number of aliphatic hydroxyl groups excluding tert-OH is 1. The summed E-state index contributed by atoms with van der Waals surface area (Å²) in [4.78, 5) is 20.5. The molecular weight excluding hydrogens is 306 g/mol. The number of carbonyl (C=O) groups excluding carboxylic acids is 1. The van der Waals surface area contributed by atoms with E-state index in [2.05, 4.69) is 27.5 Å². The summed E-state index contributed by atoms with van der Waals surface area (Å²) in [5, 5.41) is 16.3. The fourth-order valence-electron chi connectivity index (χ4n) is 3.70. The van der Waals surface area contributed by atoms with Crippen LogP contribution in [-0.2, 0) is 0 Å². The second-order valence-electron chi connectivity index (χ2n) is 7.36. The largest absolute Gasteiger partial charge is 0.393 e. The van der Waals surface area contributed by atoms with Crippen molar-refractivity contribution >= 4 is 17.7 Å². The number of aliphatic hydroxyl groups is 1. The zero-order valence-corrected chi connectivity index (χ0v) is 14.2. The molecule has 5 N–H and O–H groups in total. The average Bonchev–Trinajstić information content (AvgIpc) is 2.96. The Kier molecular flexibility index (Phi) is 4.89. The van der Waals surface area contributed by atoms with Gasteiger partial charge in [0.1, 0.15) is 5.82 Å². The summed E-state index contributed by atoms with van der Waals surface area (Å²) in [7, 11) is 0. The highest BCUT2D eigenvalue weighted by Crippen LogP contribution is 2.33. The van der Waals surface area contributed by atoms with Crippen LogP contribution in [0.25, 0.3) is 0 Å². The van der Waals surface area contributed by atoms with Gasteiger partial charge in [-0.15, -0.1) is 0 Å². The third-order valence-corrected chi connectivity index (χ3v) is 5.21. The van der Waals surface area contributed by atoms with Gasteiger partial charge in [-0.05, 0) is 45.4 Å². The summed E-state index contributed by atoms with van der Waals surface area (Å²) in [6.45, 7) is 2.16. The minimum absolute atomic E-state index is 0.0508. The van der Waals surface area contributed by atoms with E-state index >= 15 is 0 Å². The van der Waals surface area contributed by atoms with Crippen LogP contribution >= 0.6 is 0 Å². The number of aromatic nitrogens is 2. The van der Waals surface area contributed by atoms with Crippen LogP contribution in [0, 0.1) is 0 Å². The first-order valence-corrected chi connectivity index (χ1v) is 8.85. The van der Waals surface area contributed by atoms with Gasteiger partial charge in [-0.2, -0.15) is 4.98 Å². The lowest BCUT2D eigenvalue weighted by Crippen LogP contribution is -2.33. The van der Waals surface area contributed by atoms with E-state index < -0.39 is 5.91 Å². The molecule has 7 nitrogen and oxygen atoms in total. The highest BCUT2D eigenvalue weighted by Gasteiger charge is 2.30.